The van der Waals surface area contributed by atoms with Gasteiger partial charge in [-0.25, -0.2) is 4.79 Å². The summed E-state index contributed by atoms with van der Waals surface area (Å²) in [6.07, 6.45) is 2.52. The summed E-state index contributed by atoms with van der Waals surface area (Å²) < 4.78 is 2.86. The van der Waals surface area contributed by atoms with Crippen molar-refractivity contribution in [1.29, 1.82) is 0 Å². The summed E-state index contributed by atoms with van der Waals surface area (Å²) in [4.78, 5) is 23.3. The van der Waals surface area contributed by atoms with Gasteiger partial charge in [0.25, 0.3) is 5.56 Å². The van der Waals surface area contributed by atoms with E-state index >= 15 is 0 Å². The van der Waals surface area contributed by atoms with Crippen LogP contribution in [0.1, 0.15) is 27.2 Å². The molecule has 15 heavy (non-hydrogen) atoms. The summed E-state index contributed by atoms with van der Waals surface area (Å²) in [5, 5.41) is 0. The van der Waals surface area contributed by atoms with Gasteiger partial charge in [-0.3, -0.25) is 9.36 Å². The van der Waals surface area contributed by atoms with Crippen LogP contribution in [0.3, 0.4) is 0 Å². The summed E-state index contributed by atoms with van der Waals surface area (Å²) in [6.45, 7) is 7.08. The monoisotopic (exact) mass is 210 g/mol. The van der Waals surface area contributed by atoms with E-state index in [0.29, 0.717) is 19.0 Å². The van der Waals surface area contributed by atoms with Crippen molar-refractivity contribution < 1.29 is 0 Å². The fourth-order valence-corrected chi connectivity index (χ4v) is 1.41. The number of hydrogen-bond donors (Lipinski definition) is 0. The highest BCUT2D eigenvalue weighted by Gasteiger charge is 2.07. The summed E-state index contributed by atoms with van der Waals surface area (Å²) in [7, 11) is 0. The topological polar surface area (TPSA) is 44.0 Å². The second kappa shape index (κ2) is 4.96. The third kappa shape index (κ3) is 2.58. The molecule has 0 radical (unpaired) electrons. The van der Waals surface area contributed by atoms with Crippen LogP contribution in [0.2, 0.25) is 0 Å². The van der Waals surface area contributed by atoms with Gasteiger partial charge < -0.3 is 4.57 Å². The standard InChI is InChI=1S/C11H18N2O2/c1-4-9(3)8-13-10(14)6-7-12(5-2)11(13)15/h6-7,9H,4-5,8H2,1-3H3. The predicted octanol–water partition coefficient (Wildman–Crippen LogP) is 1.08. The molecule has 1 rings (SSSR count). The molecule has 0 bridgehead atoms. The zero-order chi connectivity index (χ0) is 11.4. The quantitative estimate of drug-likeness (QED) is 0.746. The Kier molecular flexibility index (Phi) is 3.88. The maximum Gasteiger partial charge on any atom is 0.330 e. The van der Waals surface area contributed by atoms with Gasteiger partial charge in [0.1, 0.15) is 0 Å². The van der Waals surface area contributed by atoms with Crippen molar-refractivity contribution in [3.05, 3.63) is 33.1 Å². The molecule has 0 aliphatic rings. The van der Waals surface area contributed by atoms with Gasteiger partial charge in [-0.05, 0) is 12.8 Å². The molecule has 0 amide bonds. The minimum atomic E-state index is -0.204. The van der Waals surface area contributed by atoms with E-state index in [1.54, 1.807) is 10.8 Å². The molecule has 84 valence electrons. The number of aryl methyl sites for hydroxylation is 1. The van der Waals surface area contributed by atoms with Crippen molar-refractivity contribution in [2.75, 3.05) is 0 Å². The van der Waals surface area contributed by atoms with Gasteiger partial charge in [-0.2, -0.15) is 0 Å². The molecule has 1 atom stereocenters. The number of rotatable bonds is 4. The molecule has 4 heteroatoms. The maximum absolute atomic E-state index is 11.8. The molecule has 1 unspecified atom stereocenters. The van der Waals surface area contributed by atoms with Crippen molar-refractivity contribution in [1.82, 2.24) is 9.13 Å². The predicted molar refractivity (Wildman–Crippen MR) is 60.1 cm³/mol. The fraction of sp³-hybridized carbons (Fsp3) is 0.636. The highest BCUT2D eigenvalue weighted by Crippen LogP contribution is 2.00. The third-order valence-corrected chi connectivity index (χ3v) is 2.67. The summed E-state index contributed by atoms with van der Waals surface area (Å²) in [5.41, 5.74) is -0.407. The summed E-state index contributed by atoms with van der Waals surface area (Å²) >= 11 is 0. The lowest BCUT2D eigenvalue weighted by molar-refractivity contribution is 0.433. The van der Waals surface area contributed by atoms with Crippen molar-refractivity contribution in [3.8, 4) is 0 Å². The molecule has 1 aromatic heterocycles. The van der Waals surface area contributed by atoms with E-state index in [-0.39, 0.29) is 11.2 Å². The van der Waals surface area contributed by atoms with Crippen LogP contribution in [0.4, 0.5) is 0 Å². The van der Waals surface area contributed by atoms with E-state index in [2.05, 4.69) is 6.92 Å². The van der Waals surface area contributed by atoms with Gasteiger partial charge in [0, 0.05) is 25.4 Å². The van der Waals surface area contributed by atoms with Gasteiger partial charge in [0.15, 0.2) is 0 Å². The van der Waals surface area contributed by atoms with Crippen LogP contribution in [-0.4, -0.2) is 9.13 Å². The lowest BCUT2D eigenvalue weighted by atomic mass is 10.1. The van der Waals surface area contributed by atoms with Gasteiger partial charge in [-0.15, -0.1) is 0 Å². The first-order valence-electron chi connectivity index (χ1n) is 5.40. The molecule has 0 aromatic carbocycles. The Labute approximate surface area is 89.2 Å². The Morgan fingerprint density at radius 2 is 2.00 bits per heavy atom. The maximum atomic E-state index is 11.8. The van der Waals surface area contributed by atoms with E-state index < -0.39 is 0 Å². The first-order chi connectivity index (χ1) is 7.10. The fourth-order valence-electron chi connectivity index (χ4n) is 1.41. The average molecular weight is 210 g/mol. The van der Waals surface area contributed by atoms with E-state index in [1.165, 1.54) is 10.6 Å². The molecule has 0 saturated heterocycles. The Bertz CT molecular complexity index is 431. The van der Waals surface area contributed by atoms with Crippen molar-refractivity contribution >= 4 is 0 Å². The molecular formula is C11H18N2O2. The van der Waals surface area contributed by atoms with Crippen LogP contribution in [-0.2, 0) is 13.1 Å². The lowest BCUT2D eigenvalue weighted by Crippen LogP contribution is -2.39. The minimum Gasteiger partial charge on any atom is -0.301 e. The number of nitrogens with zero attached hydrogens (tertiary/aromatic N) is 2. The first-order valence-corrected chi connectivity index (χ1v) is 5.40. The summed E-state index contributed by atoms with van der Waals surface area (Å²) in [5.74, 6) is 0.350. The largest absolute Gasteiger partial charge is 0.330 e. The summed E-state index contributed by atoms with van der Waals surface area (Å²) in [6, 6.07) is 1.45. The highest BCUT2D eigenvalue weighted by molar-refractivity contribution is 4.86. The van der Waals surface area contributed by atoms with Gasteiger partial charge in [0.2, 0.25) is 0 Å². The van der Waals surface area contributed by atoms with E-state index in [4.69, 9.17) is 0 Å². The van der Waals surface area contributed by atoms with Crippen LogP contribution in [0.5, 0.6) is 0 Å². The van der Waals surface area contributed by atoms with E-state index in [9.17, 15) is 9.59 Å². The second-order valence-corrected chi connectivity index (χ2v) is 3.85. The smallest absolute Gasteiger partial charge is 0.301 e. The molecule has 0 aliphatic heterocycles. The molecule has 1 aromatic rings. The van der Waals surface area contributed by atoms with E-state index in [0.717, 1.165) is 6.42 Å². The van der Waals surface area contributed by atoms with E-state index in [1.807, 2.05) is 13.8 Å². The molecule has 0 N–H and O–H groups in total. The molecule has 0 saturated carbocycles. The molecule has 4 nitrogen and oxygen atoms in total. The van der Waals surface area contributed by atoms with Crippen molar-refractivity contribution in [2.24, 2.45) is 5.92 Å². The van der Waals surface area contributed by atoms with Gasteiger partial charge in [-0.1, -0.05) is 20.3 Å². The lowest BCUT2D eigenvalue weighted by Gasteiger charge is -2.11. The van der Waals surface area contributed by atoms with Gasteiger partial charge in [0.05, 0.1) is 0 Å². The number of aromatic nitrogens is 2. The Morgan fingerprint density at radius 1 is 1.33 bits per heavy atom. The molecule has 1 heterocycles. The van der Waals surface area contributed by atoms with Crippen LogP contribution >= 0.6 is 0 Å². The molecule has 0 fully saturated rings. The Balaban J connectivity index is 3.16. The van der Waals surface area contributed by atoms with Gasteiger partial charge >= 0.3 is 5.69 Å². The first kappa shape index (κ1) is 11.8. The highest BCUT2D eigenvalue weighted by atomic mass is 16.2. The zero-order valence-electron chi connectivity index (χ0n) is 9.56. The zero-order valence-corrected chi connectivity index (χ0v) is 9.56. The average Bonchev–Trinajstić information content (AvgIpc) is 2.24. The Hall–Kier alpha value is -1.32. The van der Waals surface area contributed by atoms with Crippen molar-refractivity contribution in [2.45, 2.75) is 40.3 Å². The SMILES string of the molecule is CCC(C)Cn1c(=O)ccn(CC)c1=O. The number of hydrogen-bond acceptors (Lipinski definition) is 2. The molecule has 0 aliphatic carbocycles. The normalized spacial score (nSPS) is 12.7. The van der Waals surface area contributed by atoms with Crippen LogP contribution in [0.25, 0.3) is 0 Å². The van der Waals surface area contributed by atoms with Crippen LogP contribution < -0.4 is 11.2 Å². The second-order valence-electron chi connectivity index (χ2n) is 3.85. The molecule has 0 spiro atoms. The molecular weight excluding hydrogens is 192 g/mol. The van der Waals surface area contributed by atoms with Crippen molar-refractivity contribution in [3.63, 3.8) is 0 Å². The Morgan fingerprint density at radius 3 is 2.53 bits per heavy atom. The van der Waals surface area contributed by atoms with Crippen LogP contribution in [0, 0.1) is 5.92 Å². The third-order valence-electron chi connectivity index (χ3n) is 2.67. The van der Waals surface area contributed by atoms with Crippen LogP contribution in [0.15, 0.2) is 21.9 Å². The minimum absolute atomic E-state index is 0.203.